The summed E-state index contributed by atoms with van der Waals surface area (Å²) in [6.45, 7) is 9.28. The molecule has 0 saturated carbocycles. The Kier molecular flexibility index (Phi) is 7.06. The quantitative estimate of drug-likeness (QED) is 0.734. The average molecular weight is 361 g/mol. The van der Waals surface area contributed by atoms with Gasteiger partial charge in [-0.1, -0.05) is 24.3 Å². The molecule has 0 spiro atoms. The fourth-order valence-corrected chi connectivity index (χ4v) is 3.35. The number of ether oxygens (including phenoxy) is 2. The number of carbonyl (C=O) groups excluding carboxylic acids is 2. The number of rotatable bonds is 5. The van der Waals surface area contributed by atoms with Crippen LogP contribution in [0.4, 0.5) is 4.79 Å². The number of amides is 1. The van der Waals surface area contributed by atoms with Gasteiger partial charge < -0.3 is 14.4 Å². The van der Waals surface area contributed by atoms with Crippen molar-refractivity contribution < 1.29 is 19.1 Å². The van der Waals surface area contributed by atoms with Gasteiger partial charge in [0.05, 0.1) is 6.61 Å². The van der Waals surface area contributed by atoms with Crippen LogP contribution in [0, 0.1) is 0 Å². The zero-order valence-corrected chi connectivity index (χ0v) is 16.4. The lowest BCUT2D eigenvalue weighted by atomic mass is 9.86. The topological polar surface area (TPSA) is 55.8 Å². The molecule has 1 atom stereocenters. The molecular weight excluding hydrogens is 330 g/mol. The van der Waals surface area contributed by atoms with Gasteiger partial charge in [0, 0.05) is 25.4 Å². The van der Waals surface area contributed by atoms with Crippen LogP contribution in [0.5, 0.6) is 0 Å². The molecule has 1 aliphatic rings. The van der Waals surface area contributed by atoms with Gasteiger partial charge in [0.1, 0.15) is 5.60 Å². The molecule has 2 rings (SSSR count). The van der Waals surface area contributed by atoms with Gasteiger partial charge in [0.15, 0.2) is 0 Å². The molecule has 5 nitrogen and oxygen atoms in total. The number of aryl methyl sites for hydroxylation is 1. The Bertz CT molecular complexity index is 621. The van der Waals surface area contributed by atoms with Gasteiger partial charge in [-0.05, 0) is 58.1 Å². The van der Waals surface area contributed by atoms with E-state index in [0.29, 0.717) is 26.0 Å². The summed E-state index contributed by atoms with van der Waals surface area (Å²) >= 11 is 0. The Morgan fingerprint density at radius 3 is 2.65 bits per heavy atom. The smallest absolute Gasteiger partial charge is 0.410 e. The summed E-state index contributed by atoms with van der Waals surface area (Å²) in [6, 6.07) is 8.21. The third-order valence-corrected chi connectivity index (χ3v) is 4.47. The molecule has 0 radical (unpaired) electrons. The largest absolute Gasteiger partial charge is 0.466 e. The lowest BCUT2D eigenvalue weighted by Crippen LogP contribution is -2.42. The maximum atomic E-state index is 12.4. The first-order valence-corrected chi connectivity index (χ1v) is 9.51. The highest BCUT2D eigenvalue weighted by Crippen LogP contribution is 2.30. The minimum atomic E-state index is -0.485. The second-order valence-corrected chi connectivity index (χ2v) is 7.77. The van der Waals surface area contributed by atoms with Crippen molar-refractivity contribution in [1.29, 1.82) is 0 Å². The summed E-state index contributed by atoms with van der Waals surface area (Å²) in [5.41, 5.74) is 1.91. The zero-order chi connectivity index (χ0) is 19.2. The van der Waals surface area contributed by atoms with Crippen LogP contribution >= 0.6 is 0 Å². The lowest BCUT2D eigenvalue weighted by molar-refractivity contribution is -0.143. The fraction of sp³-hybridized carbons (Fsp3) is 0.619. The maximum absolute atomic E-state index is 12.4. The highest BCUT2D eigenvalue weighted by Gasteiger charge is 2.29. The zero-order valence-electron chi connectivity index (χ0n) is 16.4. The van der Waals surface area contributed by atoms with Gasteiger partial charge in [-0.15, -0.1) is 0 Å². The van der Waals surface area contributed by atoms with Crippen LogP contribution in [0.3, 0.4) is 0 Å². The molecule has 1 aromatic rings. The molecule has 0 N–H and O–H groups in total. The van der Waals surface area contributed by atoms with Gasteiger partial charge in [-0.25, -0.2) is 4.79 Å². The SMILES string of the molecule is CCOC(=O)CCc1ccccc1[C@@H]1CCCN(C(=O)OC(C)(C)C)C1. The number of nitrogens with zero attached hydrogens (tertiary/aromatic N) is 1. The van der Waals surface area contributed by atoms with Gasteiger partial charge in [0.2, 0.25) is 0 Å². The molecule has 0 bridgehead atoms. The van der Waals surface area contributed by atoms with Crippen molar-refractivity contribution >= 4 is 12.1 Å². The van der Waals surface area contributed by atoms with E-state index in [1.165, 1.54) is 5.56 Å². The van der Waals surface area contributed by atoms with Crippen molar-refractivity contribution in [3.8, 4) is 0 Å². The molecule has 144 valence electrons. The first kappa shape index (κ1) is 20.3. The summed E-state index contributed by atoms with van der Waals surface area (Å²) in [7, 11) is 0. The molecule has 0 unspecified atom stereocenters. The molecule has 1 heterocycles. The maximum Gasteiger partial charge on any atom is 0.410 e. The number of benzene rings is 1. The van der Waals surface area contributed by atoms with Gasteiger partial charge >= 0.3 is 12.1 Å². The highest BCUT2D eigenvalue weighted by molar-refractivity contribution is 5.70. The minimum Gasteiger partial charge on any atom is -0.466 e. The van der Waals surface area contributed by atoms with E-state index >= 15 is 0 Å². The first-order chi connectivity index (χ1) is 12.3. The van der Waals surface area contributed by atoms with Crippen molar-refractivity contribution in [2.75, 3.05) is 19.7 Å². The van der Waals surface area contributed by atoms with Crippen LogP contribution < -0.4 is 0 Å². The predicted octanol–water partition coefficient (Wildman–Crippen LogP) is 4.30. The number of esters is 1. The third-order valence-electron chi connectivity index (χ3n) is 4.47. The van der Waals surface area contributed by atoms with E-state index < -0.39 is 5.60 Å². The van der Waals surface area contributed by atoms with E-state index in [2.05, 4.69) is 12.1 Å². The van der Waals surface area contributed by atoms with Gasteiger partial charge in [-0.2, -0.15) is 0 Å². The lowest BCUT2D eigenvalue weighted by Gasteiger charge is -2.35. The standard InChI is InChI=1S/C21H31NO4/c1-5-25-19(23)13-12-16-9-6-7-11-18(16)17-10-8-14-22(15-17)20(24)26-21(2,3)4/h6-7,9,11,17H,5,8,10,12-15H2,1-4H3/t17-/m1/s1. The summed E-state index contributed by atoms with van der Waals surface area (Å²) in [5, 5.41) is 0. The van der Waals surface area contributed by atoms with E-state index in [0.717, 1.165) is 24.9 Å². The second kappa shape index (κ2) is 9.06. The molecular formula is C21H31NO4. The number of hydrogen-bond donors (Lipinski definition) is 0. The number of likely N-dealkylation sites (tertiary alicyclic amines) is 1. The van der Waals surface area contributed by atoms with Crippen LogP contribution in [-0.4, -0.2) is 42.3 Å². The summed E-state index contributed by atoms with van der Waals surface area (Å²) < 4.78 is 10.6. The van der Waals surface area contributed by atoms with Crippen molar-refractivity contribution in [2.24, 2.45) is 0 Å². The predicted molar refractivity (Wildman–Crippen MR) is 101 cm³/mol. The fourth-order valence-electron chi connectivity index (χ4n) is 3.35. The molecule has 1 aliphatic heterocycles. The molecule has 1 fully saturated rings. The number of piperidine rings is 1. The second-order valence-electron chi connectivity index (χ2n) is 7.77. The Balaban J connectivity index is 2.05. The molecule has 0 aromatic heterocycles. The molecule has 1 aromatic carbocycles. The van der Waals surface area contributed by atoms with Crippen LogP contribution in [0.25, 0.3) is 0 Å². The van der Waals surface area contributed by atoms with E-state index in [9.17, 15) is 9.59 Å². The monoisotopic (exact) mass is 361 g/mol. The molecule has 1 saturated heterocycles. The van der Waals surface area contributed by atoms with Crippen molar-refractivity contribution in [3.63, 3.8) is 0 Å². The summed E-state index contributed by atoms with van der Waals surface area (Å²) in [4.78, 5) is 25.9. The van der Waals surface area contributed by atoms with Crippen LogP contribution in [0.15, 0.2) is 24.3 Å². The van der Waals surface area contributed by atoms with Gasteiger partial charge in [0.25, 0.3) is 0 Å². The van der Waals surface area contributed by atoms with Gasteiger partial charge in [-0.3, -0.25) is 4.79 Å². The molecule has 1 amide bonds. The van der Waals surface area contributed by atoms with E-state index in [4.69, 9.17) is 9.47 Å². The van der Waals surface area contributed by atoms with Crippen LogP contribution in [0.1, 0.15) is 64.0 Å². The number of hydrogen-bond acceptors (Lipinski definition) is 4. The Labute approximate surface area is 156 Å². The van der Waals surface area contributed by atoms with Crippen molar-refractivity contribution in [3.05, 3.63) is 35.4 Å². The van der Waals surface area contributed by atoms with E-state index in [1.54, 1.807) is 0 Å². The Hall–Kier alpha value is -2.04. The normalized spacial score (nSPS) is 17.7. The van der Waals surface area contributed by atoms with E-state index in [-0.39, 0.29) is 18.0 Å². The summed E-state index contributed by atoms with van der Waals surface area (Å²) in [6.07, 6.45) is 2.79. The van der Waals surface area contributed by atoms with E-state index in [1.807, 2.05) is 44.7 Å². The number of carbonyl (C=O) groups is 2. The Morgan fingerprint density at radius 1 is 1.23 bits per heavy atom. The highest BCUT2D eigenvalue weighted by atomic mass is 16.6. The minimum absolute atomic E-state index is 0.165. The molecule has 26 heavy (non-hydrogen) atoms. The van der Waals surface area contributed by atoms with Crippen molar-refractivity contribution in [2.45, 2.75) is 64.9 Å². The first-order valence-electron chi connectivity index (χ1n) is 9.51. The average Bonchev–Trinajstić information content (AvgIpc) is 2.59. The molecule has 5 heteroatoms. The van der Waals surface area contributed by atoms with Crippen molar-refractivity contribution in [1.82, 2.24) is 4.90 Å². The summed E-state index contributed by atoms with van der Waals surface area (Å²) in [5.74, 6) is 0.107. The van der Waals surface area contributed by atoms with Crippen LogP contribution in [-0.2, 0) is 20.7 Å². The Morgan fingerprint density at radius 2 is 1.96 bits per heavy atom. The molecule has 0 aliphatic carbocycles. The van der Waals surface area contributed by atoms with Crippen LogP contribution in [0.2, 0.25) is 0 Å². The third kappa shape index (κ3) is 6.04.